The van der Waals surface area contributed by atoms with E-state index in [9.17, 15) is 4.39 Å². The van der Waals surface area contributed by atoms with Crippen LogP contribution in [0.4, 0.5) is 4.39 Å². The number of rotatable bonds is 3. The average Bonchev–Trinajstić information content (AvgIpc) is 2.17. The van der Waals surface area contributed by atoms with Crippen LogP contribution in [-0.2, 0) is 0 Å². The van der Waals surface area contributed by atoms with Crippen molar-refractivity contribution in [3.8, 4) is 5.75 Å². The third-order valence-electron chi connectivity index (χ3n) is 2.24. The number of benzene rings is 1. The van der Waals surface area contributed by atoms with Gasteiger partial charge in [-0.25, -0.2) is 4.39 Å². The summed E-state index contributed by atoms with van der Waals surface area (Å²) in [6.07, 6.45) is 0. The Labute approximate surface area is 101 Å². The molecule has 0 aliphatic carbocycles. The summed E-state index contributed by atoms with van der Waals surface area (Å²) < 4.78 is 18.5. The first-order valence-electron chi connectivity index (χ1n) is 5.30. The standard InChI is InChI=1S/C12H16FNOS/c1-4-14(5-2)12(16)15-11-7-9(3)6-10(13)8-11/h6-8H,4-5H2,1-3H3. The van der Waals surface area contributed by atoms with E-state index in [1.165, 1.54) is 12.1 Å². The van der Waals surface area contributed by atoms with Gasteiger partial charge in [0.2, 0.25) is 0 Å². The molecule has 1 aromatic rings. The van der Waals surface area contributed by atoms with Gasteiger partial charge in [0.15, 0.2) is 0 Å². The number of ether oxygens (including phenoxy) is 1. The molecule has 1 aromatic carbocycles. The predicted octanol–water partition coefficient (Wildman–Crippen LogP) is 3.14. The van der Waals surface area contributed by atoms with Crippen LogP contribution in [0, 0.1) is 12.7 Å². The second-order valence-corrected chi connectivity index (χ2v) is 3.85. The third-order valence-corrected chi connectivity index (χ3v) is 2.58. The minimum atomic E-state index is -0.308. The van der Waals surface area contributed by atoms with E-state index in [4.69, 9.17) is 17.0 Å². The van der Waals surface area contributed by atoms with Gasteiger partial charge in [-0.15, -0.1) is 0 Å². The van der Waals surface area contributed by atoms with Gasteiger partial charge in [-0.05, 0) is 50.7 Å². The molecule has 0 unspecified atom stereocenters. The topological polar surface area (TPSA) is 12.5 Å². The zero-order valence-corrected chi connectivity index (χ0v) is 10.6. The molecule has 0 spiro atoms. The van der Waals surface area contributed by atoms with Gasteiger partial charge < -0.3 is 9.64 Å². The molecule has 16 heavy (non-hydrogen) atoms. The molecule has 2 nitrogen and oxygen atoms in total. The lowest BCUT2D eigenvalue weighted by Crippen LogP contribution is -2.32. The van der Waals surface area contributed by atoms with Crippen LogP contribution in [0.15, 0.2) is 18.2 Å². The summed E-state index contributed by atoms with van der Waals surface area (Å²) in [5, 5.41) is 0.384. The first-order valence-corrected chi connectivity index (χ1v) is 5.71. The summed E-state index contributed by atoms with van der Waals surface area (Å²) in [6, 6.07) is 4.55. The number of hydrogen-bond acceptors (Lipinski definition) is 2. The first-order chi connectivity index (χ1) is 7.56. The molecule has 0 saturated carbocycles. The molecule has 0 aliphatic rings. The summed E-state index contributed by atoms with van der Waals surface area (Å²) >= 11 is 5.12. The smallest absolute Gasteiger partial charge is 0.264 e. The van der Waals surface area contributed by atoms with E-state index in [0.717, 1.165) is 18.7 Å². The summed E-state index contributed by atoms with van der Waals surface area (Å²) in [5.41, 5.74) is 0.817. The molecule has 0 aliphatic heterocycles. The van der Waals surface area contributed by atoms with Crippen LogP contribution in [0.2, 0.25) is 0 Å². The highest BCUT2D eigenvalue weighted by Crippen LogP contribution is 2.16. The van der Waals surface area contributed by atoms with Crippen LogP contribution in [0.1, 0.15) is 19.4 Å². The van der Waals surface area contributed by atoms with Gasteiger partial charge in [-0.1, -0.05) is 0 Å². The Morgan fingerprint density at radius 2 is 1.94 bits per heavy atom. The molecule has 88 valence electrons. The molecular weight excluding hydrogens is 225 g/mol. The van der Waals surface area contributed by atoms with Crippen molar-refractivity contribution in [3.63, 3.8) is 0 Å². The maximum Gasteiger partial charge on any atom is 0.264 e. The zero-order valence-electron chi connectivity index (χ0n) is 9.79. The quantitative estimate of drug-likeness (QED) is 0.754. The van der Waals surface area contributed by atoms with Crippen LogP contribution in [0.25, 0.3) is 0 Å². The van der Waals surface area contributed by atoms with Crippen LogP contribution in [0.3, 0.4) is 0 Å². The van der Waals surface area contributed by atoms with Crippen LogP contribution >= 0.6 is 12.2 Å². The van der Waals surface area contributed by atoms with Crippen LogP contribution in [-0.4, -0.2) is 23.2 Å². The van der Waals surface area contributed by atoms with Gasteiger partial charge in [0.25, 0.3) is 5.17 Å². The molecule has 0 atom stereocenters. The van der Waals surface area contributed by atoms with Crippen molar-refractivity contribution in [3.05, 3.63) is 29.6 Å². The van der Waals surface area contributed by atoms with Crippen molar-refractivity contribution in [2.45, 2.75) is 20.8 Å². The fourth-order valence-electron chi connectivity index (χ4n) is 1.41. The molecule has 0 radical (unpaired) electrons. The fraction of sp³-hybridized carbons (Fsp3) is 0.417. The lowest BCUT2D eigenvalue weighted by atomic mass is 10.2. The monoisotopic (exact) mass is 241 g/mol. The zero-order chi connectivity index (χ0) is 12.1. The molecule has 0 bridgehead atoms. The number of nitrogens with zero attached hydrogens (tertiary/aromatic N) is 1. The number of halogens is 1. The van der Waals surface area contributed by atoms with Crippen molar-refractivity contribution >= 4 is 17.4 Å². The maximum absolute atomic E-state index is 13.1. The molecule has 0 heterocycles. The normalized spacial score (nSPS) is 10.0. The van der Waals surface area contributed by atoms with Crippen molar-refractivity contribution in [2.75, 3.05) is 13.1 Å². The van der Waals surface area contributed by atoms with Crippen molar-refractivity contribution < 1.29 is 9.13 Å². The van der Waals surface area contributed by atoms with E-state index in [0.29, 0.717) is 10.9 Å². The van der Waals surface area contributed by atoms with Crippen LogP contribution < -0.4 is 4.74 Å². The van der Waals surface area contributed by atoms with Crippen molar-refractivity contribution in [2.24, 2.45) is 0 Å². The van der Waals surface area contributed by atoms with E-state index in [2.05, 4.69) is 0 Å². The molecule has 0 saturated heterocycles. The maximum atomic E-state index is 13.1. The second kappa shape index (κ2) is 5.80. The SMILES string of the molecule is CCN(CC)C(=S)Oc1cc(C)cc(F)c1. The largest absolute Gasteiger partial charge is 0.432 e. The number of aryl methyl sites for hydroxylation is 1. The number of hydrogen-bond donors (Lipinski definition) is 0. The summed E-state index contributed by atoms with van der Waals surface area (Å²) in [6.45, 7) is 7.37. The highest BCUT2D eigenvalue weighted by molar-refractivity contribution is 7.80. The highest BCUT2D eigenvalue weighted by Gasteiger charge is 2.08. The summed E-state index contributed by atoms with van der Waals surface area (Å²) in [5.74, 6) is 0.145. The Kier molecular flexibility index (Phi) is 4.68. The third kappa shape index (κ3) is 3.45. The van der Waals surface area contributed by atoms with Crippen molar-refractivity contribution in [1.29, 1.82) is 0 Å². The van der Waals surface area contributed by atoms with Gasteiger partial charge in [0.05, 0.1) is 0 Å². The lowest BCUT2D eigenvalue weighted by molar-refractivity contribution is 0.377. The molecule has 0 fully saturated rings. The minimum absolute atomic E-state index is 0.308. The first kappa shape index (κ1) is 12.9. The Balaban J connectivity index is 2.76. The van der Waals surface area contributed by atoms with Gasteiger partial charge in [0.1, 0.15) is 11.6 Å². The molecule has 0 aromatic heterocycles. The van der Waals surface area contributed by atoms with E-state index >= 15 is 0 Å². The van der Waals surface area contributed by atoms with E-state index < -0.39 is 0 Å². The van der Waals surface area contributed by atoms with Gasteiger partial charge in [-0.2, -0.15) is 0 Å². The fourth-order valence-corrected chi connectivity index (χ4v) is 1.76. The number of thiocarbonyl (C=S) groups is 1. The van der Waals surface area contributed by atoms with Gasteiger partial charge in [0, 0.05) is 19.2 Å². The molecule has 0 N–H and O–H groups in total. The lowest BCUT2D eigenvalue weighted by Gasteiger charge is -2.21. The Bertz CT molecular complexity index is 357. The van der Waals surface area contributed by atoms with Crippen molar-refractivity contribution in [1.82, 2.24) is 4.90 Å². The second-order valence-electron chi connectivity index (χ2n) is 3.50. The Morgan fingerprint density at radius 1 is 1.31 bits per heavy atom. The summed E-state index contributed by atoms with van der Waals surface area (Å²) in [4.78, 5) is 1.90. The van der Waals surface area contributed by atoms with Crippen LogP contribution in [0.5, 0.6) is 5.75 Å². The highest BCUT2D eigenvalue weighted by atomic mass is 32.1. The predicted molar refractivity (Wildman–Crippen MR) is 67.3 cm³/mol. The van der Waals surface area contributed by atoms with E-state index in [-0.39, 0.29) is 5.82 Å². The Morgan fingerprint density at radius 3 is 2.44 bits per heavy atom. The minimum Gasteiger partial charge on any atom is -0.432 e. The Hall–Kier alpha value is -1.16. The molecule has 1 rings (SSSR count). The summed E-state index contributed by atoms with van der Waals surface area (Å²) in [7, 11) is 0. The van der Waals surface area contributed by atoms with E-state index in [1.54, 1.807) is 6.07 Å². The molecule has 4 heteroatoms. The van der Waals surface area contributed by atoms with Gasteiger partial charge in [-0.3, -0.25) is 0 Å². The average molecular weight is 241 g/mol. The van der Waals surface area contributed by atoms with E-state index in [1.807, 2.05) is 25.7 Å². The molecular formula is C12H16FNOS. The van der Waals surface area contributed by atoms with Gasteiger partial charge >= 0.3 is 0 Å². The molecule has 0 amide bonds.